The monoisotopic (exact) mass is 739 g/mol. The van der Waals surface area contributed by atoms with Gasteiger partial charge in [0.2, 0.25) is 5.91 Å². The van der Waals surface area contributed by atoms with Crippen LogP contribution in [0.5, 0.6) is 0 Å². The normalized spacial score (nSPS) is 18.0. The third kappa shape index (κ3) is 7.88. The summed E-state index contributed by atoms with van der Waals surface area (Å²) in [5.41, 5.74) is 3.67. The number of nitrogens with one attached hydrogen (secondary N) is 4. The molecule has 5 N–H and O–H groups in total. The number of halogens is 2. The highest BCUT2D eigenvalue weighted by molar-refractivity contribution is 6.08. The molecule has 2 aromatic heterocycles. The molecule has 0 bridgehead atoms. The van der Waals surface area contributed by atoms with Crippen LogP contribution in [0.3, 0.4) is 0 Å². The summed E-state index contributed by atoms with van der Waals surface area (Å²) < 4.78 is 30.5. The van der Waals surface area contributed by atoms with Crippen LogP contribution in [0.2, 0.25) is 0 Å². The van der Waals surface area contributed by atoms with Gasteiger partial charge in [-0.1, -0.05) is 31.4 Å². The molecule has 2 fully saturated rings. The first-order valence-electron chi connectivity index (χ1n) is 18.6. The Morgan fingerprint density at radius 3 is 2.48 bits per heavy atom. The molecular weight excluding hydrogens is 696 g/mol. The van der Waals surface area contributed by atoms with Crippen LogP contribution in [0.15, 0.2) is 48.8 Å². The number of aromatic nitrogens is 2. The Kier molecular flexibility index (Phi) is 10.8. The maximum absolute atomic E-state index is 15.3. The van der Waals surface area contributed by atoms with Crippen molar-refractivity contribution in [1.82, 2.24) is 30.8 Å². The Hall–Kier alpha value is -5.50. The fourth-order valence-corrected chi connectivity index (χ4v) is 7.28. The lowest BCUT2D eigenvalue weighted by atomic mass is 9.99. The van der Waals surface area contributed by atoms with Gasteiger partial charge in [0.1, 0.15) is 23.6 Å². The van der Waals surface area contributed by atoms with E-state index in [0.717, 1.165) is 68.6 Å². The van der Waals surface area contributed by atoms with Crippen molar-refractivity contribution in [2.45, 2.75) is 89.1 Å². The highest BCUT2D eigenvalue weighted by Gasteiger charge is 2.39. The summed E-state index contributed by atoms with van der Waals surface area (Å²) in [4.78, 5) is 60.4. The zero-order chi connectivity index (χ0) is 37.9. The molecule has 2 aliphatic heterocycles. The molecule has 4 amide bonds. The van der Waals surface area contributed by atoms with Gasteiger partial charge >= 0.3 is 0 Å². The summed E-state index contributed by atoms with van der Waals surface area (Å²) in [6, 6.07) is 8.46. The molecule has 282 valence electrons. The Labute approximate surface area is 311 Å². The zero-order valence-corrected chi connectivity index (χ0v) is 30.0. The molecule has 4 aromatic rings. The van der Waals surface area contributed by atoms with E-state index in [2.05, 4.69) is 31.2 Å². The molecule has 2 atom stereocenters. The Morgan fingerprint density at radius 1 is 0.926 bits per heavy atom. The smallest absolute Gasteiger partial charge is 0.273 e. The first kappa shape index (κ1) is 36.8. The van der Waals surface area contributed by atoms with E-state index in [9.17, 15) is 24.3 Å². The number of aryl methyl sites for hydroxylation is 1. The lowest BCUT2D eigenvalue weighted by Gasteiger charge is -2.34. The highest BCUT2D eigenvalue weighted by atomic mass is 19.1. The molecule has 3 aliphatic rings. The fraction of sp³-hybridized carbons (Fsp3) is 0.400. The number of piperidine rings is 1. The van der Waals surface area contributed by atoms with Gasteiger partial charge in [-0.05, 0) is 67.9 Å². The molecule has 0 spiro atoms. The van der Waals surface area contributed by atoms with E-state index in [1.165, 1.54) is 30.5 Å². The van der Waals surface area contributed by atoms with Crippen LogP contribution in [-0.4, -0.2) is 75.5 Å². The zero-order valence-electron chi connectivity index (χ0n) is 30.0. The van der Waals surface area contributed by atoms with Crippen LogP contribution in [0, 0.1) is 11.6 Å². The molecule has 12 nitrogen and oxygen atoms in total. The maximum atomic E-state index is 15.3. The van der Waals surface area contributed by atoms with E-state index in [1.807, 2.05) is 6.07 Å². The highest BCUT2D eigenvalue weighted by Crippen LogP contribution is 2.34. The Bertz CT molecular complexity index is 2120. The second-order valence-electron chi connectivity index (χ2n) is 14.3. The summed E-state index contributed by atoms with van der Waals surface area (Å²) >= 11 is 0. The van der Waals surface area contributed by atoms with Crippen LogP contribution in [0.1, 0.15) is 100 Å². The van der Waals surface area contributed by atoms with Gasteiger partial charge in [0, 0.05) is 67.6 Å². The Morgan fingerprint density at radius 2 is 1.72 bits per heavy atom. The molecule has 7 rings (SSSR count). The van der Waals surface area contributed by atoms with Gasteiger partial charge in [0.15, 0.2) is 0 Å². The summed E-state index contributed by atoms with van der Waals surface area (Å²) in [5.74, 6) is -2.64. The molecule has 2 unspecified atom stereocenters. The number of benzene rings is 2. The average molecular weight is 740 g/mol. The molecule has 54 heavy (non-hydrogen) atoms. The third-order valence-electron chi connectivity index (χ3n) is 10.4. The van der Waals surface area contributed by atoms with E-state index in [4.69, 9.17) is 0 Å². The quantitative estimate of drug-likeness (QED) is 0.113. The van der Waals surface area contributed by atoms with Crippen LogP contribution in [-0.2, 0) is 17.8 Å². The number of pyridine rings is 2. The average Bonchev–Trinajstić information content (AvgIpc) is 3.91. The van der Waals surface area contributed by atoms with Crippen molar-refractivity contribution in [1.29, 1.82) is 0 Å². The molecule has 14 heteroatoms. The standard InChI is InChI=1S/C40H43F2N7O5/c1-43-36-28-17-27(31(42)18-32(28)45-20-29(36)38(52)47-25-9-10-25)23-8-11-26(30(41)16-23)37(51)44-14-6-4-2-3-5-7-22-15-24-21-49(40(54)35(24)46-19-22)33-12-13-34(50)48-39(33)53/h8,11,15-20,25,33,39,53H,2-7,9-10,12-14,21H2,1H3,(H,43,45)(H,44,51)(H,47,52)(H,48,50). The number of amides is 4. The predicted molar refractivity (Wildman–Crippen MR) is 198 cm³/mol. The van der Waals surface area contributed by atoms with Gasteiger partial charge in [0.05, 0.1) is 28.4 Å². The largest absolute Gasteiger partial charge is 0.387 e. The number of anilines is 1. The number of carbonyl (C=O) groups is 4. The van der Waals surface area contributed by atoms with Crippen LogP contribution < -0.4 is 21.3 Å². The van der Waals surface area contributed by atoms with E-state index < -0.39 is 29.8 Å². The van der Waals surface area contributed by atoms with E-state index in [1.54, 1.807) is 18.1 Å². The Balaban J connectivity index is 0.865. The van der Waals surface area contributed by atoms with E-state index >= 15 is 8.78 Å². The van der Waals surface area contributed by atoms with Crippen molar-refractivity contribution in [2.75, 3.05) is 18.9 Å². The number of nitrogens with zero attached hydrogens (tertiary/aromatic N) is 3. The van der Waals surface area contributed by atoms with Crippen LogP contribution >= 0.6 is 0 Å². The van der Waals surface area contributed by atoms with Gasteiger partial charge in [-0.25, -0.2) is 8.78 Å². The summed E-state index contributed by atoms with van der Waals surface area (Å²) in [6.45, 7) is 0.739. The fourth-order valence-electron chi connectivity index (χ4n) is 7.28. The first-order chi connectivity index (χ1) is 26.1. The van der Waals surface area contributed by atoms with E-state index in [0.29, 0.717) is 47.4 Å². The molecule has 1 saturated carbocycles. The van der Waals surface area contributed by atoms with Crippen molar-refractivity contribution < 1.29 is 33.1 Å². The van der Waals surface area contributed by atoms with E-state index in [-0.39, 0.29) is 46.9 Å². The molecule has 4 heterocycles. The lowest BCUT2D eigenvalue weighted by molar-refractivity contribution is -0.129. The lowest BCUT2D eigenvalue weighted by Crippen LogP contribution is -2.55. The van der Waals surface area contributed by atoms with Crippen molar-refractivity contribution >= 4 is 40.2 Å². The van der Waals surface area contributed by atoms with Gasteiger partial charge in [-0.2, -0.15) is 0 Å². The van der Waals surface area contributed by atoms with Crippen molar-refractivity contribution in [3.8, 4) is 11.1 Å². The predicted octanol–water partition coefficient (Wildman–Crippen LogP) is 4.98. The molecular formula is C40H43F2N7O5. The van der Waals surface area contributed by atoms with Gasteiger partial charge < -0.3 is 31.3 Å². The maximum Gasteiger partial charge on any atom is 0.273 e. The SMILES string of the molecule is CNc1c(C(=O)NC2CC2)cnc2cc(F)c(-c3ccc(C(=O)NCCCCCCCc4cnc5c(c4)CN(C4CCC(=O)NC4O)C5=O)c(F)c3)cc12. The molecule has 1 aliphatic carbocycles. The van der Waals surface area contributed by atoms with Crippen molar-refractivity contribution in [3.05, 3.63) is 88.4 Å². The van der Waals surface area contributed by atoms with Gasteiger partial charge in [-0.3, -0.25) is 29.1 Å². The minimum atomic E-state index is -1.09. The second-order valence-corrected chi connectivity index (χ2v) is 14.3. The number of aliphatic hydroxyl groups excluding tert-OH is 1. The molecule has 0 radical (unpaired) electrons. The summed E-state index contributed by atoms with van der Waals surface area (Å²) in [6.07, 6.45) is 9.83. The first-order valence-corrected chi connectivity index (χ1v) is 18.6. The number of unbranched alkanes of at least 4 members (excludes halogenated alkanes) is 4. The summed E-state index contributed by atoms with van der Waals surface area (Å²) in [5, 5.41) is 22.0. The van der Waals surface area contributed by atoms with Crippen molar-refractivity contribution in [2.24, 2.45) is 0 Å². The number of aliphatic hydroxyl groups is 1. The molecule has 2 aromatic carbocycles. The molecule has 1 saturated heterocycles. The minimum absolute atomic E-state index is 0.119. The second kappa shape index (κ2) is 15.8. The number of hydrogen-bond acceptors (Lipinski definition) is 8. The van der Waals surface area contributed by atoms with Crippen LogP contribution in [0.25, 0.3) is 22.0 Å². The van der Waals surface area contributed by atoms with Gasteiger partial charge in [-0.15, -0.1) is 0 Å². The minimum Gasteiger partial charge on any atom is -0.387 e. The summed E-state index contributed by atoms with van der Waals surface area (Å²) in [7, 11) is 1.67. The number of hydrogen-bond donors (Lipinski definition) is 5. The van der Waals surface area contributed by atoms with Crippen molar-refractivity contribution in [3.63, 3.8) is 0 Å². The number of carbonyl (C=O) groups excluding carboxylic acids is 4. The van der Waals surface area contributed by atoms with Gasteiger partial charge in [0.25, 0.3) is 17.7 Å². The third-order valence-corrected chi connectivity index (χ3v) is 10.4. The number of fused-ring (bicyclic) bond motifs is 2. The number of rotatable bonds is 14. The topological polar surface area (TPSA) is 166 Å². The van der Waals surface area contributed by atoms with Crippen LogP contribution in [0.4, 0.5) is 14.5 Å².